The van der Waals surface area contributed by atoms with E-state index in [1.54, 1.807) is 11.4 Å². The van der Waals surface area contributed by atoms with Gasteiger partial charge in [0.1, 0.15) is 5.00 Å². The molecule has 2 rings (SSSR count). The van der Waals surface area contributed by atoms with Gasteiger partial charge in [-0.15, -0.1) is 11.3 Å². The number of hydrogen-bond acceptors (Lipinski definition) is 5. The highest BCUT2D eigenvalue weighted by molar-refractivity contribution is 7.14. The Morgan fingerprint density at radius 1 is 1.29 bits per heavy atom. The van der Waals surface area contributed by atoms with E-state index in [4.69, 9.17) is 0 Å². The third kappa shape index (κ3) is 3.41. The molecule has 1 saturated carbocycles. The predicted octanol–water partition coefficient (Wildman–Crippen LogP) is 2.36. The van der Waals surface area contributed by atoms with Crippen molar-refractivity contribution < 1.29 is 24.2 Å². The van der Waals surface area contributed by atoms with Crippen LogP contribution in [-0.4, -0.2) is 30.1 Å². The Morgan fingerprint density at radius 3 is 2.57 bits per heavy atom. The molecule has 1 aromatic heterocycles. The van der Waals surface area contributed by atoms with E-state index in [1.165, 1.54) is 18.4 Å². The SMILES string of the molecule is COC(=O)c1ccsc1NC(=O)[C@H]1CCCC[C@H]1C(=O)O. The molecule has 1 aliphatic rings. The molecule has 114 valence electrons. The van der Waals surface area contributed by atoms with E-state index in [0.29, 0.717) is 23.4 Å². The zero-order valence-electron chi connectivity index (χ0n) is 11.6. The van der Waals surface area contributed by atoms with E-state index in [1.807, 2.05) is 0 Å². The van der Waals surface area contributed by atoms with Crippen LogP contribution in [0.1, 0.15) is 36.0 Å². The Labute approximate surface area is 126 Å². The van der Waals surface area contributed by atoms with Crippen LogP contribution in [0.15, 0.2) is 11.4 Å². The number of anilines is 1. The summed E-state index contributed by atoms with van der Waals surface area (Å²) in [5.41, 5.74) is 0.290. The molecule has 1 heterocycles. The van der Waals surface area contributed by atoms with Crippen molar-refractivity contribution in [3.63, 3.8) is 0 Å². The van der Waals surface area contributed by atoms with Crippen molar-refractivity contribution >= 4 is 34.2 Å². The fourth-order valence-corrected chi connectivity index (χ4v) is 3.40. The van der Waals surface area contributed by atoms with Crippen LogP contribution >= 0.6 is 11.3 Å². The van der Waals surface area contributed by atoms with Crippen molar-refractivity contribution in [1.29, 1.82) is 0 Å². The standard InChI is InChI=1S/C14H17NO5S/c1-20-14(19)10-6-7-21-12(10)15-11(16)8-4-2-3-5-9(8)13(17)18/h6-9H,2-5H2,1H3,(H,15,16)(H,17,18)/t8-,9+/m0/s1. The third-order valence-electron chi connectivity index (χ3n) is 3.73. The monoisotopic (exact) mass is 311 g/mol. The Balaban J connectivity index is 2.12. The van der Waals surface area contributed by atoms with Crippen LogP contribution in [-0.2, 0) is 14.3 Å². The van der Waals surface area contributed by atoms with Crippen LogP contribution in [0.5, 0.6) is 0 Å². The first-order valence-electron chi connectivity index (χ1n) is 6.74. The summed E-state index contributed by atoms with van der Waals surface area (Å²) in [6.45, 7) is 0. The second-order valence-electron chi connectivity index (χ2n) is 4.98. The van der Waals surface area contributed by atoms with E-state index < -0.39 is 23.8 Å². The summed E-state index contributed by atoms with van der Waals surface area (Å²) in [6.07, 6.45) is 2.74. The molecule has 0 aliphatic heterocycles. The first-order valence-corrected chi connectivity index (χ1v) is 7.62. The first-order chi connectivity index (χ1) is 10.0. The summed E-state index contributed by atoms with van der Waals surface area (Å²) in [4.78, 5) is 35.1. The van der Waals surface area contributed by atoms with Crippen LogP contribution in [0.4, 0.5) is 5.00 Å². The maximum atomic E-state index is 12.3. The average molecular weight is 311 g/mol. The molecule has 2 N–H and O–H groups in total. The number of hydrogen-bond donors (Lipinski definition) is 2. The average Bonchev–Trinajstić information content (AvgIpc) is 2.94. The Bertz CT molecular complexity index is 553. The fourth-order valence-electron chi connectivity index (χ4n) is 2.62. The zero-order valence-corrected chi connectivity index (χ0v) is 12.4. The predicted molar refractivity (Wildman–Crippen MR) is 77.4 cm³/mol. The third-order valence-corrected chi connectivity index (χ3v) is 4.56. The van der Waals surface area contributed by atoms with E-state index in [-0.39, 0.29) is 5.91 Å². The van der Waals surface area contributed by atoms with Crippen LogP contribution < -0.4 is 5.32 Å². The molecule has 1 fully saturated rings. The number of ether oxygens (including phenoxy) is 1. The van der Waals surface area contributed by atoms with Gasteiger partial charge in [-0.1, -0.05) is 12.8 Å². The van der Waals surface area contributed by atoms with Gasteiger partial charge in [-0.3, -0.25) is 9.59 Å². The quantitative estimate of drug-likeness (QED) is 0.833. The van der Waals surface area contributed by atoms with Gasteiger partial charge in [0.05, 0.1) is 24.5 Å². The molecule has 1 amide bonds. The molecular weight excluding hydrogens is 294 g/mol. The summed E-state index contributed by atoms with van der Waals surface area (Å²) >= 11 is 1.21. The fraction of sp³-hybridized carbons (Fsp3) is 0.500. The lowest BCUT2D eigenvalue weighted by Crippen LogP contribution is -2.36. The van der Waals surface area contributed by atoms with E-state index in [2.05, 4.69) is 10.1 Å². The van der Waals surface area contributed by atoms with Crippen molar-refractivity contribution in [3.8, 4) is 0 Å². The molecule has 1 aromatic rings. The van der Waals surface area contributed by atoms with Gasteiger partial charge in [-0.05, 0) is 24.3 Å². The van der Waals surface area contributed by atoms with Crippen molar-refractivity contribution in [1.82, 2.24) is 0 Å². The number of esters is 1. The highest BCUT2D eigenvalue weighted by atomic mass is 32.1. The number of nitrogens with one attached hydrogen (secondary N) is 1. The van der Waals surface area contributed by atoms with Crippen LogP contribution in [0.3, 0.4) is 0 Å². The topological polar surface area (TPSA) is 92.7 Å². The summed E-state index contributed by atoms with van der Waals surface area (Å²) in [7, 11) is 1.27. The molecule has 1 aliphatic carbocycles. The molecular formula is C14H17NO5S. The lowest BCUT2D eigenvalue weighted by atomic mass is 9.79. The van der Waals surface area contributed by atoms with Crippen LogP contribution in [0.25, 0.3) is 0 Å². The smallest absolute Gasteiger partial charge is 0.340 e. The van der Waals surface area contributed by atoms with E-state index in [9.17, 15) is 19.5 Å². The summed E-state index contributed by atoms with van der Waals surface area (Å²) in [6, 6.07) is 1.57. The first kappa shape index (κ1) is 15.5. The summed E-state index contributed by atoms with van der Waals surface area (Å²) < 4.78 is 4.64. The Morgan fingerprint density at radius 2 is 1.95 bits per heavy atom. The maximum Gasteiger partial charge on any atom is 0.340 e. The van der Waals surface area contributed by atoms with Gasteiger partial charge in [-0.2, -0.15) is 0 Å². The Kier molecular flexibility index (Phi) is 4.95. The molecule has 7 heteroatoms. The minimum Gasteiger partial charge on any atom is -0.481 e. The van der Waals surface area contributed by atoms with Gasteiger partial charge in [0.25, 0.3) is 0 Å². The highest BCUT2D eigenvalue weighted by Gasteiger charge is 2.36. The van der Waals surface area contributed by atoms with Gasteiger partial charge in [0.15, 0.2) is 0 Å². The van der Waals surface area contributed by atoms with E-state index in [0.717, 1.165) is 12.8 Å². The number of rotatable bonds is 4. The van der Waals surface area contributed by atoms with Crippen molar-refractivity contribution in [2.45, 2.75) is 25.7 Å². The molecule has 0 unspecified atom stereocenters. The minimum absolute atomic E-state index is 0.290. The second-order valence-corrected chi connectivity index (χ2v) is 5.90. The Hall–Kier alpha value is -1.89. The highest BCUT2D eigenvalue weighted by Crippen LogP contribution is 2.32. The minimum atomic E-state index is -0.936. The van der Waals surface area contributed by atoms with Crippen molar-refractivity contribution in [3.05, 3.63) is 17.0 Å². The lowest BCUT2D eigenvalue weighted by molar-refractivity contribution is -0.147. The lowest BCUT2D eigenvalue weighted by Gasteiger charge is -2.27. The maximum absolute atomic E-state index is 12.3. The summed E-state index contributed by atoms with van der Waals surface area (Å²) in [5.74, 6) is -3.00. The van der Waals surface area contributed by atoms with E-state index >= 15 is 0 Å². The second kappa shape index (κ2) is 6.71. The van der Waals surface area contributed by atoms with Gasteiger partial charge >= 0.3 is 11.9 Å². The number of amides is 1. The number of methoxy groups -OCH3 is 1. The van der Waals surface area contributed by atoms with Crippen molar-refractivity contribution in [2.75, 3.05) is 12.4 Å². The molecule has 0 aromatic carbocycles. The number of carbonyl (C=O) groups is 3. The van der Waals surface area contributed by atoms with Gasteiger partial charge in [0.2, 0.25) is 5.91 Å². The van der Waals surface area contributed by atoms with Gasteiger partial charge < -0.3 is 15.2 Å². The number of carboxylic acid groups (broad SMARTS) is 1. The van der Waals surface area contributed by atoms with Crippen LogP contribution in [0, 0.1) is 11.8 Å². The molecule has 21 heavy (non-hydrogen) atoms. The largest absolute Gasteiger partial charge is 0.481 e. The zero-order chi connectivity index (χ0) is 15.4. The molecule has 0 radical (unpaired) electrons. The molecule has 0 spiro atoms. The molecule has 0 bridgehead atoms. The molecule has 6 nitrogen and oxygen atoms in total. The number of carboxylic acids is 1. The number of carbonyl (C=O) groups excluding carboxylic acids is 2. The van der Waals surface area contributed by atoms with Crippen molar-refractivity contribution in [2.24, 2.45) is 11.8 Å². The normalized spacial score (nSPS) is 21.6. The van der Waals surface area contributed by atoms with Gasteiger partial charge in [0, 0.05) is 0 Å². The van der Waals surface area contributed by atoms with Crippen LogP contribution in [0.2, 0.25) is 0 Å². The molecule has 0 saturated heterocycles. The number of thiophene rings is 1. The summed E-state index contributed by atoms with van der Waals surface area (Å²) in [5, 5.41) is 14.0. The number of aliphatic carboxylic acids is 1. The molecule has 2 atom stereocenters. The van der Waals surface area contributed by atoms with Gasteiger partial charge in [-0.25, -0.2) is 4.79 Å².